The van der Waals surface area contributed by atoms with E-state index in [1.165, 1.54) is 0 Å². The number of nitrogens with zero attached hydrogens (tertiary/aromatic N) is 1. The minimum absolute atomic E-state index is 0.318. The molecule has 0 fully saturated rings. The normalized spacial score (nSPS) is 14.4. The maximum absolute atomic E-state index is 11.8. The number of aliphatic carboxylic acids is 1. The number of carbonyl (C=O) groups is 2. The maximum atomic E-state index is 11.8. The number of hydrogen-bond donors (Lipinski definition) is 1. The Balaban J connectivity index is 4.85. The molecule has 0 bridgehead atoms. The predicted molar refractivity (Wildman–Crippen MR) is 64.8 cm³/mol. The van der Waals surface area contributed by atoms with Crippen LogP contribution < -0.4 is 0 Å². The second kappa shape index (κ2) is 8.06. The van der Waals surface area contributed by atoms with Crippen molar-refractivity contribution >= 4 is 11.9 Å². The van der Waals surface area contributed by atoms with E-state index in [4.69, 9.17) is 9.84 Å². The molecule has 0 saturated heterocycles. The summed E-state index contributed by atoms with van der Waals surface area (Å²) in [6.07, 6.45) is 1.43. The zero-order valence-electron chi connectivity index (χ0n) is 11.1. The molecule has 0 heterocycles. The fraction of sp³-hybridized carbons (Fsp3) is 0.833. The highest BCUT2D eigenvalue weighted by Gasteiger charge is 2.31. The lowest BCUT2D eigenvalue weighted by Gasteiger charge is -2.31. The molecule has 0 unspecified atom stereocenters. The summed E-state index contributed by atoms with van der Waals surface area (Å²) in [5.74, 6) is -1.25. The highest BCUT2D eigenvalue weighted by atomic mass is 16.5. The van der Waals surface area contributed by atoms with Gasteiger partial charge in [-0.05, 0) is 26.8 Å². The molecule has 0 aromatic rings. The van der Waals surface area contributed by atoms with Gasteiger partial charge >= 0.3 is 11.9 Å². The number of hydrogen-bond acceptors (Lipinski definition) is 4. The Morgan fingerprint density at radius 2 is 1.88 bits per heavy atom. The van der Waals surface area contributed by atoms with Crippen LogP contribution in [0.4, 0.5) is 0 Å². The molecule has 0 saturated carbocycles. The summed E-state index contributed by atoms with van der Waals surface area (Å²) in [6, 6.07) is -1.14. The first-order valence-electron chi connectivity index (χ1n) is 6.14. The quantitative estimate of drug-likeness (QED) is 0.657. The third kappa shape index (κ3) is 4.73. The number of rotatable bonds is 8. The molecule has 5 nitrogen and oxygen atoms in total. The SMILES string of the molecule is CCC[C@@H](C(=O)OCC)N(CC)[C@@H](C)C(=O)O. The van der Waals surface area contributed by atoms with Crippen LogP contribution in [0.1, 0.15) is 40.5 Å². The summed E-state index contributed by atoms with van der Waals surface area (Å²) in [4.78, 5) is 24.5. The first-order chi connectivity index (χ1) is 7.99. The first-order valence-corrected chi connectivity index (χ1v) is 6.14. The summed E-state index contributed by atoms with van der Waals surface area (Å²) in [5, 5.41) is 9.02. The molecular weight excluding hydrogens is 222 g/mol. The van der Waals surface area contributed by atoms with Gasteiger partial charge in [0.2, 0.25) is 0 Å². The van der Waals surface area contributed by atoms with E-state index in [-0.39, 0.29) is 5.97 Å². The number of carboxylic acids is 1. The Labute approximate surface area is 103 Å². The van der Waals surface area contributed by atoms with E-state index in [1.54, 1.807) is 18.7 Å². The number of likely N-dealkylation sites (N-methyl/N-ethyl adjacent to an activating group) is 1. The van der Waals surface area contributed by atoms with Crippen molar-refractivity contribution in [3.8, 4) is 0 Å². The molecule has 0 rings (SSSR count). The average molecular weight is 245 g/mol. The predicted octanol–water partition coefficient (Wildman–Crippen LogP) is 1.51. The van der Waals surface area contributed by atoms with Crippen molar-refractivity contribution in [2.75, 3.05) is 13.2 Å². The molecular formula is C12H23NO4. The van der Waals surface area contributed by atoms with Gasteiger partial charge in [0.05, 0.1) is 6.61 Å². The molecule has 0 amide bonds. The van der Waals surface area contributed by atoms with Gasteiger partial charge in [0.25, 0.3) is 0 Å². The molecule has 0 aromatic heterocycles. The van der Waals surface area contributed by atoms with E-state index < -0.39 is 18.1 Å². The Bertz CT molecular complexity index is 255. The van der Waals surface area contributed by atoms with Crippen LogP contribution in [0.15, 0.2) is 0 Å². The van der Waals surface area contributed by atoms with Crippen molar-refractivity contribution < 1.29 is 19.4 Å². The zero-order chi connectivity index (χ0) is 13.4. The van der Waals surface area contributed by atoms with E-state index in [9.17, 15) is 9.59 Å². The Morgan fingerprint density at radius 1 is 1.29 bits per heavy atom. The topological polar surface area (TPSA) is 66.8 Å². The van der Waals surface area contributed by atoms with Crippen molar-refractivity contribution in [2.45, 2.75) is 52.6 Å². The summed E-state index contributed by atoms with van der Waals surface area (Å²) in [7, 11) is 0. The molecule has 0 aliphatic heterocycles. The second-order valence-electron chi connectivity index (χ2n) is 3.90. The van der Waals surface area contributed by atoms with Gasteiger partial charge in [-0.15, -0.1) is 0 Å². The largest absolute Gasteiger partial charge is 0.480 e. The Morgan fingerprint density at radius 3 is 2.24 bits per heavy atom. The third-order valence-electron chi connectivity index (χ3n) is 2.74. The van der Waals surface area contributed by atoms with Crippen LogP contribution in [-0.4, -0.2) is 47.2 Å². The Kier molecular flexibility index (Phi) is 7.54. The van der Waals surface area contributed by atoms with E-state index in [0.29, 0.717) is 19.6 Å². The smallest absolute Gasteiger partial charge is 0.323 e. The third-order valence-corrected chi connectivity index (χ3v) is 2.74. The van der Waals surface area contributed by atoms with Crippen LogP contribution in [0.3, 0.4) is 0 Å². The van der Waals surface area contributed by atoms with Crippen LogP contribution in [-0.2, 0) is 14.3 Å². The molecule has 0 aliphatic rings. The lowest BCUT2D eigenvalue weighted by molar-refractivity contribution is -0.154. The fourth-order valence-electron chi connectivity index (χ4n) is 1.84. The molecule has 2 atom stereocenters. The van der Waals surface area contributed by atoms with Crippen LogP contribution in [0, 0.1) is 0 Å². The Hall–Kier alpha value is -1.10. The fourth-order valence-corrected chi connectivity index (χ4v) is 1.84. The van der Waals surface area contributed by atoms with Crippen LogP contribution in [0.5, 0.6) is 0 Å². The van der Waals surface area contributed by atoms with E-state index in [1.807, 2.05) is 13.8 Å². The van der Waals surface area contributed by atoms with Gasteiger partial charge in [0, 0.05) is 0 Å². The molecule has 0 spiro atoms. The van der Waals surface area contributed by atoms with Crippen molar-refractivity contribution in [1.82, 2.24) is 4.90 Å². The highest BCUT2D eigenvalue weighted by Crippen LogP contribution is 2.13. The van der Waals surface area contributed by atoms with Crippen LogP contribution in [0.2, 0.25) is 0 Å². The molecule has 0 radical (unpaired) electrons. The number of carbonyl (C=O) groups excluding carboxylic acids is 1. The molecule has 0 aliphatic carbocycles. The summed E-state index contributed by atoms with van der Waals surface area (Å²) >= 11 is 0. The van der Waals surface area contributed by atoms with E-state index in [0.717, 1.165) is 6.42 Å². The van der Waals surface area contributed by atoms with Gasteiger partial charge in [-0.1, -0.05) is 20.3 Å². The van der Waals surface area contributed by atoms with Crippen LogP contribution in [0.25, 0.3) is 0 Å². The van der Waals surface area contributed by atoms with Crippen molar-refractivity contribution in [1.29, 1.82) is 0 Å². The van der Waals surface area contributed by atoms with Crippen molar-refractivity contribution in [3.63, 3.8) is 0 Å². The lowest BCUT2D eigenvalue weighted by Crippen LogP contribution is -2.49. The van der Waals surface area contributed by atoms with Gasteiger partial charge in [-0.2, -0.15) is 0 Å². The van der Waals surface area contributed by atoms with Gasteiger partial charge in [0.1, 0.15) is 12.1 Å². The standard InChI is InChI=1S/C12H23NO4/c1-5-8-10(12(16)17-7-3)13(6-2)9(4)11(14)15/h9-10H,5-8H2,1-4H3,(H,14,15)/t9-,10-/m0/s1. The van der Waals surface area contributed by atoms with Gasteiger partial charge in [-0.3, -0.25) is 14.5 Å². The molecule has 100 valence electrons. The number of esters is 1. The monoisotopic (exact) mass is 245 g/mol. The van der Waals surface area contributed by atoms with Gasteiger partial charge in [0.15, 0.2) is 0 Å². The number of carboxylic acid groups (broad SMARTS) is 1. The summed E-state index contributed by atoms with van der Waals surface area (Å²) in [6.45, 7) is 7.98. The zero-order valence-corrected chi connectivity index (χ0v) is 11.1. The van der Waals surface area contributed by atoms with Crippen molar-refractivity contribution in [3.05, 3.63) is 0 Å². The lowest BCUT2D eigenvalue weighted by atomic mass is 10.1. The van der Waals surface area contributed by atoms with E-state index in [2.05, 4.69) is 0 Å². The molecule has 1 N–H and O–H groups in total. The summed E-state index contributed by atoms with van der Waals surface area (Å²) < 4.78 is 5.00. The highest BCUT2D eigenvalue weighted by molar-refractivity contribution is 5.78. The van der Waals surface area contributed by atoms with E-state index >= 15 is 0 Å². The summed E-state index contributed by atoms with van der Waals surface area (Å²) in [5.41, 5.74) is 0. The molecule has 5 heteroatoms. The molecule has 17 heavy (non-hydrogen) atoms. The van der Waals surface area contributed by atoms with Gasteiger partial charge < -0.3 is 9.84 Å². The first kappa shape index (κ1) is 15.9. The second-order valence-corrected chi connectivity index (χ2v) is 3.90. The van der Waals surface area contributed by atoms with Crippen molar-refractivity contribution in [2.24, 2.45) is 0 Å². The molecule has 0 aromatic carbocycles. The van der Waals surface area contributed by atoms with Crippen LogP contribution >= 0.6 is 0 Å². The average Bonchev–Trinajstić information content (AvgIpc) is 2.28. The van der Waals surface area contributed by atoms with Gasteiger partial charge in [-0.25, -0.2) is 0 Å². The minimum atomic E-state index is -0.919. The minimum Gasteiger partial charge on any atom is -0.480 e. The number of ether oxygens (including phenoxy) is 1. The maximum Gasteiger partial charge on any atom is 0.323 e.